The van der Waals surface area contributed by atoms with Crippen LogP contribution >= 0.6 is 11.8 Å². The molecule has 0 aliphatic carbocycles. The van der Waals surface area contributed by atoms with Crippen molar-refractivity contribution < 1.29 is 9.53 Å². The first-order valence-electron chi connectivity index (χ1n) is 7.67. The number of benzene rings is 2. The smallest absolute Gasteiger partial charge is 0.250 e. The van der Waals surface area contributed by atoms with Gasteiger partial charge >= 0.3 is 0 Å². The number of rotatable bonds is 6. The predicted molar refractivity (Wildman–Crippen MR) is 100 cm³/mol. The molecule has 0 spiro atoms. The van der Waals surface area contributed by atoms with Crippen molar-refractivity contribution in [3.05, 3.63) is 54.1 Å². The molecule has 1 amide bonds. The lowest BCUT2D eigenvalue weighted by molar-refractivity contribution is -0.118. The summed E-state index contributed by atoms with van der Waals surface area (Å²) in [6.07, 6.45) is 1.59. The van der Waals surface area contributed by atoms with E-state index in [0.29, 0.717) is 0 Å². The maximum absolute atomic E-state index is 11.9. The molecule has 6 nitrogen and oxygen atoms in total. The standard InChI is InChI=1S/C18H18N4O2S/c1-22-16-6-4-3-5-15(16)20-18(22)25-12-17(23)21-19-11-13-7-9-14(24-2)10-8-13/h3-11H,12H2,1-2H3,(H,21,23). The summed E-state index contributed by atoms with van der Waals surface area (Å²) in [5.41, 5.74) is 5.37. The molecule has 1 heterocycles. The van der Waals surface area contributed by atoms with E-state index in [2.05, 4.69) is 15.5 Å². The van der Waals surface area contributed by atoms with Gasteiger partial charge in [-0.05, 0) is 42.0 Å². The molecule has 0 aliphatic heterocycles. The molecule has 0 unspecified atom stereocenters. The van der Waals surface area contributed by atoms with Crippen molar-refractivity contribution in [3.8, 4) is 5.75 Å². The Morgan fingerprint density at radius 2 is 2.04 bits per heavy atom. The van der Waals surface area contributed by atoms with Gasteiger partial charge in [0.1, 0.15) is 5.75 Å². The highest BCUT2D eigenvalue weighted by Gasteiger charge is 2.09. The maximum Gasteiger partial charge on any atom is 0.250 e. The Bertz CT molecular complexity index is 903. The number of amides is 1. The summed E-state index contributed by atoms with van der Waals surface area (Å²) in [6.45, 7) is 0. The minimum atomic E-state index is -0.179. The monoisotopic (exact) mass is 354 g/mol. The highest BCUT2D eigenvalue weighted by molar-refractivity contribution is 7.99. The van der Waals surface area contributed by atoms with E-state index in [1.807, 2.05) is 60.1 Å². The molecule has 0 saturated heterocycles. The third-order valence-electron chi connectivity index (χ3n) is 3.60. The van der Waals surface area contributed by atoms with Gasteiger partial charge in [0, 0.05) is 7.05 Å². The number of aromatic nitrogens is 2. The topological polar surface area (TPSA) is 68.5 Å². The zero-order valence-electron chi connectivity index (χ0n) is 14.0. The zero-order valence-corrected chi connectivity index (χ0v) is 14.8. The fourth-order valence-corrected chi connectivity index (χ4v) is 3.06. The summed E-state index contributed by atoms with van der Waals surface area (Å²) in [6, 6.07) is 15.3. The molecule has 0 radical (unpaired) electrons. The van der Waals surface area contributed by atoms with Gasteiger partial charge in [0.25, 0.3) is 5.91 Å². The Kier molecular flexibility index (Phi) is 5.35. The van der Waals surface area contributed by atoms with Crippen molar-refractivity contribution in [2.24, 2.45) is 12.1 Å². The number of carbonyl (C=O) groups is 1. The number of carbonyl (C=O) groups excluding carboxylic acids is 1. The van der Waals surface area contributed by atoms with E-state index < -0.39 is 0 Å². The van der Waals surface area contributed by atoms with E-state index in [1.165, 1.54) is 11.8 Å². The summed E-state index contributed by atoms with van der Waals surface area (Å²) in [4.78, 5) is 16.5. The SMILES string of the molecule is COc1ccc(C=NNC(=O)CSc2nc3ccccc3n2C)cc1. The lowest BCUT2D eigenvalue weighted by Gasteiger charge is -2.02. The van der Waals surface area contributed by atoms with Crippen molar-refractivity contribution in [1.82, 2.24) is 15.0 Å². The molecule has 2 aromatic carbocycles. The highest BCUT2D eigenvalue weighted by Crippen LogP contribution is 2.22. The maximum atomic E-state index is 11.9. The average molecular weight is 354 g/mol. The van der Waals surface area contributed by atoms with Gasteiger partial charge in [-0.3, -0.25) is 4.79 Å². The van der Waals surface area contributed by atoms with Crippen LogP contribution < -0.4 is 10.2 Å². The van der Waals surface area contributed by atoms with Gasteiger partial charge in [-0.25, -0.2) is 10.4 Å². The van der Waals surface area contributed by atoms with E-state index in [4.69, 9.17) is 4.74 Å². The van der Waals surface area contributed by atoms with Crippen molar-refractivity contribution in [3.63, 3.8) is 0 Å². The first-order chi connectivity index (χ1) is 12.2. The number of ether oxygens (including phenoxy) is 1. The minimum absolute atomic E-state index is 0.179. The molecule has 25 heavy (non-hydrogen) atoms. The van der Waals surface area contributed by atoms with Gasteiger partial charge in [0.05, 0.1) is 30.1 Å². The number of hydrogen-bond acceptors (Lipinski definition) is 5. The molecule has 0 aliphatic rings. The number of para-hydroxylation sites is 2. The second kappa shape index (κ2) is 7.85. The van der Waals surface area contributed by atoms with Crippen LogP contribution in [0.3, 0.4) is 0 Å². The molecule has 3 rings (SSSR count). The summed E-state index contributed by atoms with van der Waals surface area (Å²) in [7, 11) is 3.56. The van der Waals surface area contributed by atoms with Crippen molar-refractivity contribution in [1.29, 1.82) is 0 Å². The molecule has 3 aromatic rings. The van der Waals surface area contributed by atoms with Gasteiger partial charge in [0.2, 0.25) is 0 Å². The number of imidazole rings is 1. The molecule has 128 valence electrons. The summed E-state index contributed by atoms with van der Waals surface area (Å²) in [5.74, 6) is 0.846. The number of nitrogens with one attached hydrogen (secondary N) is 1. The molecular formula is C18H18N4O2S. The molecule has 0 saturated carbocycles. The number of aryl methyl sites for hydroxylation is 1. The second-order valence-corrected chi connectivity index (χ2v) is 6.24. The van der Waals surface area contributed by atoms with E-state index in [1.54, 1.807) is 13.3 Å². The van der Waals surface area contributed by atoms with Crippen LogP contribution in [0.15, 0.2) is 58.8 Å². The summed E-state index contributed by atoms with van der Waals surface area (Å²) >= 11 is 1.38. The van der Waals surface area contributed by atoms with Gasteiger partial charge in [-0.2, -0.15) is 5.10 Å². The van der Waals surface area contributed by atoms with Crippen LogP contribution in [0, 0.1) is 0 Å². The normalized spacial score (nSPS) is 11.1. The van der Waals surface area contributed by atoms with E-state index >= 15 is 0 Å². The number of fused-ring (bicyclic) bond motifs is 1. The van der Waals surface area contributed by atoms with E-state index in [-0.39, 0.29) is 11.7 Å². The second-order valence-electron chi connectivity index (χ2n) is 5.30. The average Bonchev–Trinajstić information content (AvgIpc) is 2.97. The molecule has 0 bridgehead atoms. The third-order valence-corrected chi connectivity index (χ3v) is 4.63. The number of nitrogens with zero attached hydrogens (tertiary/aromatic N) is 3. The Morgan fingerprint density at radius 3 is 2.76 bits per heavy atom. The largest absolute Gasteiger partial charge is 0.497 e. The van der Waals surface area contributed by atoms with Crippen LogP contribution in [0.5, 0.6) is 5.75 Å². The number of hydrogen-bond donors (Lipinski definition) is 1. The van der Waals surface area contributed by atoms with Crippen LogP contribution in [0.2, 0.25) is 0 Å². The summed E-state index contributed by atoms with van der Waals surface area (Å²) < 4.78 is 7.07. The van der Waals surface area contributed by atoms with Crippen LogP contribution in [0.25, 0.3) is 11.0 Å². The molecular weight excluding hydrogens is 336 g/mol. The fraction of sp³-hybridized carbons (Fsp3) is 0.167. The Morgan fingerprint density at radius 1 is 1.28 bits per heavy atom. The lowest BCUT2D eigenvalue weighted by Crippen LogP contribution is -2.19. The van der Waals surface area contributed by atoms with E-state index in [9.17, 15) is 4.79 Å². The Balaban J connectivity index is 1.53. The first kappa shape index (κ1) is 17.0. The third kappa shape index (κ3) is 4.19. The summed E-state index contributed by atoms with van der Waals surface area (Å²) in [5, 5.41) is 4.77. The van der Waals surface area contributed by atoms with Gasteiger partial charge in [-0.1, -0.05) is 23.9 Å². The van der Waals surface area contributed by atoms with Gasteiger partial charge < -0.3 is 9.30 Å². The van der Waals surface area contributed by atoms with Crippen LogP contribution in [0.4, 0.5) is 0 Å². The van der Waals surface area contributed by atoms with Crippen LogP contribution in [-0.2, 0) is 11.8 Å². The fourth-order valence-electron chi connectivity index (χ4n) is 2.28. The predicted octanol–water partition coefficient (Wildman–Crippen LogP) is 2.82. The minimum Gasteiger partial charge on any atom is -0.497 e. The number of thioether (sulfide) groups is 1. The number of methoxy groups -OCH3 is 1. The first-order valence-corrected chi connectivity index (χ1v) is 8.66. The van der Waals surface area contributed by atoms with Crippen LogP contribution in [-0.4, -0.2) is 34.5 Å². The lowest BCUT2D eigenvalue weighted by atomic mass is 10.2. The van der Waals surface area contributed by atoms with Crippen molar-refractivity contribution in [2.75, 3.05) is 12.9 Å². The molecule has 0 atom stereocenters. The molecule has 0 fully saturated rings. The van der Waals surface area contributed by atoms with Crippen molar-refractivity contribution in [2.45, 2.75) is 5.16 Å². The van der Waals surface area contributed by atoms with E-state index in [0.717, 1.165) is 27.5 Å². The highest BCUT2D eigenvalue weighted by atomic mass is 32.2. The Hall–Kier alpha value is -2.80. The quantitative estimate of drug-likeness (QED) is 0.420. The molecule has 7 heteroatoms. The van der Waals surface area contributed by atoms with Crippen molar-refractivity contribution >= 4 is 34.9 Å². The Labute approximate surface area is 149 Å². The molecule has 1 N–H and O–H groups in total. The zero-order chi connectivity index (χ0) is 17.6. The molecule has 1 aromatic heterocycles. The van der Waals surface area contributed by atoms with Crippen LogP contribution in [0.1, 0.15) is 5.56 Å². The van der Waals surface area contributed by atoms with Gasteiger partial charge in [0.15, 0.2) is 5.16 Å². The van der Waals surface area contributed by atoms with Gasteiger partial charge in [-0.15, -0.1) is 0 Å². The number of hydrazone groups is 1.